The van der Waals surface area contributed by atoms with Gasteiger partial charge in [-0.05, 0) is 42.7 Å². The molecule has 7 nitrogen and oxygen atoms in total. The number of aromatic nitrogens is 1. The fraction of sp³-hybridized carbons (Fsp3) is 0.267. The average Bonchev–Trinajstić information content (AvgIpc) is 2.50. The van der Waals surface area contributed by atoms with E-state index in [4.69, 9.17) is 0 Å². The Morgan fingerprint density at radius 3 is 2.48 bits per heavy atom. The first-order valence-corrected chi connectivity index (χ1v) is 8.28. The summed E-state index contributed by atoms with van der Waals surface area (Å²) in [5.41, 5.74) is 1.64. The van der Waals surface area contributed by atoms with Crippen LogP contribution in [-0.2, 0) is 16.6 Å². The number of hydrogen-bond acceptors (Lipinski definition) is 5. The lowest BCUT2D eigenvalue weighted by molar-refractivity contribution is -0.387. The molecule has 0 N–H and O–H groups in total. The van der Waals surface area contributed by atoms with Gasteiger partial charge in [-0.15, -0.1) is 0 Å². The van der Waals surface area contributed by atoms with Crippen LogP contribution in [0, 0.1) is 24.0 Å². The van der Waals surface area contributed by atoms with Crippen molar-refractivity contribution in [3.63, 3.8) is 0 Å². The summed E-state index contributed by atoms with van der Waals surface area (Å²) < 4.78 is 26.5. The highest BCUT2D eigenvalue weighted by Gasteiger charge is 2.30. The summed E-state index contributed by atoms with van der Waals surface area (Å²) in [5, 5.41) is 11.2. The van der Waals surface area contributed by atoms with Gasteiger partial charge in [0.05, 0.1) is 4.92 Å². The van der Waals surface area contributed by atoms with Crippen molar-refractivity contribution < 1.29 is 13.3 Å². The van der Waals surface area contributed by atoms with Gasteiger partial charge in [0.25, 0.3) is 5.69 Å². The largest absolute Gasteiger partial charge is 0.289 e. The summed E-state index contributed by atoms with van der Waals surface area (Å²) in [6.07, 6.45) is 3.15. The molecule has 0 saturated heterocycles. The third kappa shape index (κ3) is 3.54. The predicted octanol–water partition coefficient (Wildman–Crippen LogP) is 2.43. The van der Waals surface area contributed by atoms with E-state index < -0.39 is 20.6 Å². The monoisotopic (exact) mass is 335 g/mol. The lowest BCUT2D eigenvalue weighted by Crippen LogP contribution is -2.27. The van der Waals surface area contributed by atoms with Gasteiger partial charge in [-0.25, -0.2) is 8.42 Å². The second kappa shape index (κ2) is 6.43. The first-order valence-electron chi connectivity index (χ1n) is 6.84. The third-order valence-corrected chi connectivity index (χ3v) is 5.42. The first-order chi connectivity index (χ1) is 10.7. The molecule has 0 saturated carbocycles. The highest BCUT2D eigenvalue weighted by molar-refractivity contribution is 7.89. The van der Waals surface area contributed by atoms with Gasteiger partial charge in [0.2, 0.25) is 10.0 Å². The Balaban J connectivity index is 2.47. The molecule has 23 heavy (non-hydrogen) atoms. The Hall–Kier alpha value is -2.32. The van der Waals surface area contributed by atoms with Gasteiger partial charge in [-0.2, -0.15) is 4.31 Å². The van der Waals surface area contributed by atoms with Gasteiger partial charge in [0, 0.05) is 32.1 Å². The van der Waals surface area contributed by atoms with Crippen molar-refractivity contribution in [1.29, 1.82) is 0 Å². The van der Waals surface area contributed by atoms with Crippen LogP contribution in [0.2, 0.25) is 0 Å². The molecule has 122 valence electrons. The smallest absolute Gasteiger partial charge is 0.264 e. The van der Waals surface area contributed by atoms with E-state index in [1.54, 1.807) is 38.4 Å². The second-order valence-corrected chi connectivity index (χ2v) is 7.30. The quantitative estimate of drug-likeness (QED) is 0.618. The molecule has 2 rings (SSSR count). The van der Waals surface area contributed by atoms with Crippen LogP contribution < -0.4 is 0 Å². The molecule has 0 bridgehead atoms. The van der Waals surface area contributed by atoms with Gasteiger partial charge < -0.3 is 0 Å². The molecule has 1 aromatic carbocycles. The molecule has 0 amide bonds. The van der Waals surface area contributed by atoms with Crippen molar-refractivity contribution in [2.45, 2.75) is 25.3 Å². The highest BCUT2D eigenvalue weighted by Crippen LogP contribution is 2.29. The van der Waals surface area contributed by atoms with E-state index in [-0.39, 0.29) is 11.4 Å². The van der Waals surface area contributed by atoms with Crippen molar-refractivity contribution in [3.8, 4) is 0 Å². The summed E-state index contributed by atoms with van der Waals surface area (Å²) in [6, 6.07) is 6.09. The number of rotatable bonds is 5. The zero-order chi connectivity index (χ0) is 17.2. The van der Waals surface area contributed by atoms with Crippen LogP contribution in [0.15, 0.2) is 41.6 Å². The van der Waals surface area contributed by atoms with E-state index in [2.05, 4.69) is 4.98 Å². The standard InChI is InChI=1S/C15H17N3O4S/c1-11-7-14(18(19)20)15(8-12(11)2)23(21,22)17(3)10-13-5-4-6-16-9-13/h4-9H,10H2,1-3H3. The van der Waals surface area contributed by atoms with Crippen molar-refractivity contribution in [2.75, 3.05) is 7.05 Å². The molecule has 2 aromatic rings. The number of sulfonamides is 1. The van der Waals surface area contributed by atoms with Gasteiger partial charge in [-0.3, -0.25) is 15.1 Å². The topological polar surface area (TPSA) is 93.4 Å². The normalized spacial score (nSPS) is 11.7. The molecule has 0 atom stereocenters. The van der Waals surface area contributed by atoms with Gasteiger partial charge in [0.1, 0.15) is 0 Å². The van der Waals surface area contributed by atoms with E-state index >= 15 is 0 Å². The molecule has 0 fully saturated rings. The Morgan fingerprint density at radius 2 is 1.91 bits per heavy atom. The van der Waals surface area contributed by atoms with Gasteiger partial charge in [0.15, 0.2) is 4.90 Å². The minimum atomic E-state index is -3.99. The zero-order valence-electron chi connectivity index (χ0n) is 13.1. The fourth-order valence-corrected chi connectivity index (χ4v) is 3.50. The van der Waals surface area contributed by atoms with Crippen molar-refractivity contribution >= 4 is 15.7 Å². The van der Waals surface area contributed by atoms with Crippen molar-refractivity contribution in [2.24, 2.45) is 0 Å². The van der Waals surface area contributed by atoms with Crippen molar-refractivity contribution in [1.82, 2.24) is 9.29 Å². The highest BCUT2D eigenvalue weighted by atomic mass is 32.2. The number of nitro groups is 1. The van der Waals surface area contributed by atoms with Crippen LogP contribution in [0.3, 0.4) is 0 Å². The molecule has 1 heterocycles. The lowest BCUT2D eigenvalue weighted by Gasteiger charge is -2.18. The molecule has 0 aliphatic heterocycles. The Labute approximate surface area is 134 Å². The SMILES string of the molecule is Cc1cc([N+](=O)[O-])c(S(=O)(=O)N(C)Cc2cccnc2)cc1C. The van der Waals surface area contributed by atoms with E-state index in [9.17, 15) is 18.5 Å². The molecule has 0 aliphatic carbocycles. The summed E-state index contributed by atoms with van der Waals surface area (Å²) in [7, 11) is -2.60. The fourth-order valence-electron chi connectivity index (χ4n) is 2.13. The van der Waals surface area contributed by atoms with Crippen LogP contribution in [0.25, 0.3) is 0 Å². The minimum Gasteiger partial charge on any atom is -0.264 e. The molecule has 0 radical (unpaired) electrons. The predicted molar refractivity (Wildman–Crippen MR) is 85.5 cm³/mol. The minimum absolute atomic E-state index is 0.0836. The van der Waals surface area contributed by atoms with Crippen LogP contribution in [-0.4, -0.2) is 29.7 Å². The first kappa shape index (κ1) is 17.0. The number of nitro benzene ring substituents is 1. The maximum atomic E-state index is 12.7. The molecule has 8 heteroatoms. The van der Waals surface area contributed by atoms with Crippen LogP contribution in [0.4, 0.5) is 5.69 Å². The summed E-state index contributed by atoms with van der Waals surface area (Å²) in [6.45, 7) is 3.51. The molecule has 0 spiro atoms. The van der Waals surface area contributed by atoms with E-state index in [0.29, 0.717) is 16.7 Å². The number of benzene rings is 1. The number of pyridine rings is 1. The van der Waals surface area contributed by atoms with Gasteiger partial charge in [-0.1, -0.05) is 6.07 Å². The Morgan fingerprint density at radius 1 is 1.26 bits per heavy atom. The molecule has 0 aliphatic rings. The number of aryl methyl sites for hydroxylation is 2. The van der Waals surface area contributed by atoms with Crippen LogP contribution >= 0.6 is 0 Å². The van der Waals surface area contributed by atoms with E-state index in [1.165, 1.54) is 19.2 Å². The summed E-state index contributed by atoms with van der Waals surface area (Å²) >= 11 is 0. The maximum absolute atomic E-state index is 12.7. The Kier molecular flexibility index (Phi) is 4.76. The molecule has 1 aromatic heterocycles. The zero-order valence-corrected chi connectivity index (χ0v) is 13.9. The molecular formula is C15H17N3O4S. The van der Waals surface area contributed by atoms with E-state index in [1.807, 2.05) is 0 Å². The third-order valence-electron chi connectivity index (χ3n) is 3.59. The van der Waals surface area contributed by atoms with Gasteiger partial charge >= 0.3 is 0 Å². The van der Waals surface area contributed by atoms with Crippen LogP contribution in [0.1, 0.15) is 16.7 Å². The average molecular weight is 335 g/mol. The second-order valence-electron chi connectivity index (χ2n) is 5.28. The molecule has 0 unspecified atom stereocenters. The van der Waals surface area contributed by atoms with Crippen LogP contribution in [0.5, 0.6) is 0 Å². The summed E-state index contributed by atoms with van der Waals surface area (Å²) in [5.74, 6) is 0. The Bertz CT molecular complexity index is 835. The lowest BCUT2D eigenvalue weighted by atomic mass is 10.1. The number of hydrogen-bond donors (Lipinski definition) is 0. The van der Waals surface area contributed by atoms with E-state index in [0.717, 1.165) is 4.31 Å². The summed E-state index contributed by atoms with van der Waals surface area (Å²) in [4.78, 5) is 14.2. The van der Waals surface area contributed by atoms with Crippen molar-refractivity contribution in [3.05, 3.63) is 63.5 Å². The molecular weight excluding hydrogens is 318 g/mol. The maximum Gasteiger partial charge on any atom is 0.289 e. The number of nitrogens with zero attached hydrogens (tertiary/aromatic N) is 3.